The molecule has 0 radical (unpaired) electrons. The molecule has 0 spiro atoms. The van der Waals surface area contributed by atoms with Crippen LogP contribution in [0.2, 0.25) is 0 Å². The van der Waals surface area contributed by atoms with Gasteiger partial charge in [0.1, 0.15) is 0 Å². The van der Waals surface area contributed by atoms with Crippen molar-refractivity contribution in [3.63, 3.8) is 0 Å². The molecule has 0 aromatic carbocycles. The summed E-state index contributed by atoms with van der Waals surface area (Å²) in [7, 11) is 0. The number of carbonyl (C=O) groups excluding carboxylic acids is 1. The summed E-state index contributed by atoms with van der Waals surface area (Å²) in [6.45, 7) is 11.1. The van der Waals surface area contributed by atoms with Crippen LogP contribution in [0.4, 0.5) is 0 Å². The first-order chi connectivity index (χ1) is 8.97. The Hall–Kier alpha value is -0.650. The van der Waals surface area contributed by atoms with Crippen LogP contribution in [0.1, 0.15) is 33.6 Å². The molecule has 5 heteroatoms. The van der Waals surface area contributed by atoms with Crippen LogP contribution in [0, 0.1) is 5.41 Å². The van der Waals surface area contributed by atoms with E-state index in [1.165, 1.54) is 0 Å². The van der Waals surface area contributed by atoms with E-state index in [-0.39, 0.29) is 5.97 Å². The Morgan fingerprint density at radius 1 is 1.11 bits per heavy atom. The number of morpholine rings is 1. The molecule has 2 rings (SSSR count). The highest BCUT2D eigenvalue weighted by atomic mass is 16.7. The molecule has 0 N–H and O–H groups in total. The van der Waals surface area contributed by atoms with Crippen molar-refractivity contribution in [1.82, 2.24) is 9.96 Å². The number of hydrogen-bond donors (Lipinski definition) is 0. The Balaban J connectivity index is 1.74. The smallest absolute Gasteiger partial charge is 0.330 e. The second-order valence-corrected chi connectivity index (χ2v) is 6.44. The van der Waals surface area contributed by atoms with Gasteiger partial charge in [0.15, 0.2) is 0 Å². The Bertz CT molecular complexity index is 300. The second-order valence-electron chi connectivity index (χ2n) is 6.44. The second kappa shape index (κ2) is 6.20. The predicted molar refractivity (Wildman–Crippen MR) is 72.5 cm³/mol. The van der Waals surface area contributed by atoms with Crippen LogP contribution in [-0.2, 0) is 14.4 Å². The SMILES string of the molecule is CC(C)(C)C(=O)ON1CCC(N2CCOCC2)CC1. The molecule has 0 saturated carbocycles. The molecule has 0 aliphatic carbocycles. The first kappa shape index (κ1) is 14.8. The zero-order valence-corrected chi connectivity index (χ0v) is 12.4. The average molecular weight is 270 g/mol. The van der Waals surface area contributed by atoms with Crippen LogP contribution in [0.25, 0.3) is 0 Å². The van der Waals surface area contributed by atoms with Crippen LogP contribution < -0.4 is 0 Å². The van der Waals surface area contributed by atoms with E-state index in [0.717, 1.165) is 52.2 Å². The minimum Gasteiger partial charge on any atom is -0.379 e. The summed E-state index contributed by atoms with van der Waals surface area (Å²) in [5.41, 5.74) is -0.430. The van der Waals surface area contributed by atoms with Gasteiger partial charge in [0.25, 0.3) is 0 Å². The van der Waals surface area contributed by atoms with Gasteiger partial charge in [-0.1, -0.05) is 0 Å². The van der Waals surface area contributed by atoms with E-state index in [1.807, 2.05) is 25.8 Å². The summed E-state index contributed by atoms with van der Waals surface area (Å²) in [5.74, 6) is -0.141. The predicted octanol–water partition coefficient (Wildman–Crippen LogP) is 1.29. The molecule has 19 heavy (non-hydrogen) atoms. The summed E-state index contributed by atoms with van der Waals surface area (Å²) >= 11 is 0. The fraction of sp³-hybridized carbons (Fsp3) is 0.929. The number of rotatable bonds is 2. The van der Waals surface area contributed by atoms with Crippen molar-refractivity contribution in [2.24, 2.45) is 5.41 Å². The molecular formula is C14H26N2O3. The normalized spacial score (nSPS) is 24.4. The van der Waals surface area contributed by atoms with Crippen LogP contribution >= 0.6 is 0 Å². The van der Waals surface area contributed by atoms with Gasteiger partial charge < -0.3 is 9.57 Å². The highest BCUT2D eigenvalue weighted by molar-refractivity contribution is 5.75. The number of ether oxygens (including phenoxy) is 1. The van der Waals surface area contributed by atoms with Gasteiger partial charge in [-0.15, -0.1) is 5.06 Å². The lowest BCUT2D eigenvalue weighted by Gasteiger charge is -2.39. The summed E-state index contributed by atoms with van der Waals surface area (Å²) in [6.07, 6.45) is 2.13. The Labute approximate surface area is 115 Å². The van der Waals surface area contributed by atoms with Gasteiger partial charge in [0.2, 0.25) is 0 Å². The molecule has 2 aliphatic heterocycles. The number of hydrogen-bond acceptors (Lipinski definition) is 5. The minimum atomic E-state index is -0.430. The average Bonchev–Trinajstić information content (AvgIpc) is 2.39. The zero-order chi connectivity index (χ0) is 13.9. The van der Waals surface area contributed by atoms with Crippen molar-refractivity contribution in [2.45, 2.75) is 39.7 Å². The lowest BCUT2D eigenvalue weighted by Crippen LogP contribution is -2.49. The van der Waals surface area contributed by atoms with E-state index >= 15 is 0 Å². The van der Waals surface area contributed by atoms with Gasteiger partial charge in [-0.25, -0.2) is 4.79 Å². The summed E-state index contributed by atoms with van der Waals surface area (Å²) < 4.78 is 5.38. The largest absolute Gasteiger partial charge is 0.379 e. The molecule has 2 fully saturated rings. The van der Waals surface area contributed by atoms with Gasteiger partial charge >= 0.3 is 5.97 Å². The quantitative estimate of drug-likeness (QED) is 0.756. The molecule has 110 valence electrons. The Morgan fingerprint density at radius 3 is 2.21 bits per heavy atom. The topological polar surface area (TPSA) is 42.0 Å². The van der Waals surface area contributed by atoms with Gasteiger partial charge in [0, 0.05) is 32.2 Å². The summed E-state index contributed by atoms with van der Waals surface area (Å²) in [5, 5.41) is 1.82. The number of hydroxylamine groups is 2. The fourth-order valence-electron chi connectivity index (χ4n) is 2.50. The van der Waals surface area contributed by atoms with Gasteiger partial charge in [-0.3, -0.25) is 4.90 Å². The number of carbonyl (C=O) groups is 1. The van der Waals surface area contributed by atoms with Crippen LogP contribution in [-0.4, -0.2) is 61.4 Å². The molecule has 2 heterocycles. The first-order valence-corrected chi connectivity index (χ1v) is 7.26. The molecule has 5 nitrogen and oxygen atoms in total. The highest BCUT2D eigenvalue weighted by Crippen LogP contribution is 2.21. The maximum Gasteiger partial charge on any atom is 0.330 e. The van der Waals surface area contributed by atoms with E-state index in [0.29, 0.717) is 6.04 Å². The van der Waals surface area contributed by atoms with Crippen molar-refractivity contribution in [3.05, 3.63) is 0 Å². The number of nitrogens with zero attached hydrogens (tertiary/aromatic N) is 2. The van der Waals surface area contributed by atoms with Crippen LogP contribution in [0.3, 0.4) is 0 Å². The third kappa shape index (κ3) is 4.16. The number of piperidine rings is 1. The first-order valence-electron chi connectivity index (χ1n) is 7.26. The lowest BCUT2D eigenvalue weighted by molar-refractivity contribution is -0.206. The minimum absolute atomic E-state index is 0.141. The van der Waals surface area contributed by atoms with Gasteiger partial charge in [-0.05, 0) is 33.6 Å². The van der Waals surface area contributed by atoms with Gasteiger partial charge in [-0.2, -0.15) is 0 Å². The highest BCUT2D eigenvalue weighted by Gasteiger charge is 2.30. The summed E-state index contributed by atoms with van der Waals surface area (Å²) in [6, 6.07) is 0.619. The molecular weight excluding hydrogens is 244 g/mol. The van der Waals surface area contributed by atoms with Crippen LogP contribution in [0.5, 0.6) is 0 Å². The monoisotopic (exact) mass is 270 g/mol. The van der Waals surface area contributed by atoms with Crippen molar-refractivity contribution in [1.29, 1.82) is 0 Å². The maximum absolute atomic E-state index is 11.8. The molecule has 0 amide bonds. The third-order valence-electron chi connectivity index (χ3n) is 3.81. The van der Waals surface area contributed by atoms with E-state index < -0.39 is 5.41 Å². The van der Waals surface area contributed by atoms with E-state index in [9.17, 15) is 4.79 Å². The van der Waals surface area contributed by atoms with Crippen molar-refractivity contribution < 1.29 is 14.4 Å². The maximum atomic E-state index is 11.8. The standard InChI is InChI=1S/C14H26N2O3/c1-14(2,3)13(17)19-16-6-4-12(5-7-16)15-8-10-18-11-9-15/h12H,4-11H2,1-3H3. The summed E-state index contributed by atoms with van der Waals surface area (Å²) in [4.78, 5) is 19.8. The Kier molecular flexibility index (Phi) is 4.81. The molecule has 0 bridgehead atoms. The molecule has 0 atom stereocenters. The molecule has 2 saturated heterocycles. The van der Waals surface area contributed by atoms with E-state index in [4.69, 9.17) is 9.57 Å². The van der Waals surface area contributed by atoms with Crippen molar-refractivity contribution >= 4 is 5.97 Å². The molecule has 0 aromatic rings. The molecule has 0 unspecified atom stereocenters. The van der Waals surface area contributed by atoms with E-state index in [2.05, 4.69) is 4.90 Å². The van der Waals surface area contributed by atoms with Gasteiger partial charge in [0.05, 0.1) is 18.6 Å². The third-order valence-corrected chi connectivity index (χ3v) is 3.81. The van der Waals surface area contributed by atoms with E-state index in [1.54, 1.807) is 0 Å². The Morgan fingerprint density at radius 2 is 1.68 bits per heavy atom. The molecule has 0 aromatic heterocycles. The van der Waals surface area contributed by atoms with Crippen molar-refractivity contribution in [3.8, 4) is 0 Å². The molecule has 2 aliphatic rings. The fourth-order valence-corrected chi connectivity index (χ4v) is 2.50. The van der Waals surface area contributed by atoms with Crippen LogP contribution in [0.15, 0.2) is 0 Å². The lowest BCUT2D eigenvalue weighted by atomic mass is 9.97. The zero-order valence-electron chi connectivity index (χ0n) is 12.4. The van der Waals surface area contributed by atoms with Crippen molar-refractivity contribution in [2.75, 3.05) is 39.4 Å².